The highest BCUT2D eigenvalue weighted by Crippen LogP contribution is 2.26. The first-order valence-corrected chi connectivity index (χ1v) is 9.90. The van der Waals surface area contributed by atoms with Gasteiger partial charge in [-0.1, -0.05) is 30.0 Å². The maximum absolute atomic E-state index is 12.6. The minimum Gasteiger partial charge on any atom is -0.372 e. The number of aromatic nitrogens is 4. The predicted octanol–water partition coefficient (Wildman–Crippen LogP) is 2.54. The van der Waals surface area contributed by atoms with Crippen molar-refractivity contribution in [2.24, 2.45) is 0 Å². The van der Waals surface area contributed by atoms with Gasteiger partial charge in [0.1, 0.15) is 11.4 Å². The van der Waals surface area contributed by atoms with E-state index in [1.54, 1.807) is 10.9 Å². The summed E-state index contributed by atoms with van der Waals surface area (Å²) in [5.41, 5.74) is 1.68. The average molecular weight is 383 g/mol. The van der Waals surface area contributed by atoms with E-state index in [-0.39, 0.29) is 18.1 Å². The molecule has 2 aromatic heterocycles. The molecule has 27 heavy (non-hydrogen) atoms. The standard InChI is InChI=1S/C19H21N5O2S/c1-13-9-23(10-14(2)26-13)17(25)11-27-19-16-8-22-24(18(16)20-12-21-19)15-6-4-3-5-7-15/h3-8,12-14H,9-11H2,1-2H3. The zero-order valence-corrected chi connectivity index (χ0v) is 16.1. The van der Waals surface area contributed by atoms with Crippen molar-refractivity contribution in [1.29, 1.82) is 0 Å². The van der Waals surface area contributed by atoms with Crippen molar-refractivity contribution < 1.29 is 9.53 Å². The Labute approximate surface area is 161 Å². The molecule has 3 aromatic rings. The highest BCUT2D eigenvalue weighted by Gasteiger charge is 2.26. The van der Waals surface area contributed by atoms with Gasteiger partial charge in [-0.15, -0.1) is 0 Å². The first kappa shape index (κ1) is 17.9. The van der Waals surface area contributed by atoms with E-state index < -0.39 is 0 Å². The van der Waals surface area contributed by atoms with E-state index in [1.807, 2.05) is 49.1 Å². The average Bonchev–Trinajstić information content (AvgIpc) is 3.10. The van der Waals surface area contributed by atoms with Gasteiger partial charge >= 0.3 is 0 Å². The molecular weight excluding hydrogens is 362 g/mol. The SMILES string of the molecule is CC1CN(C(=O)CSc2ncnc3c2cnn3-c2ccccc2)CC(C)O1. The molecule has 2 atom stereocenters. The fraction of sp³-hybridized carbons (Fsp3) is 0.368. The fourth-order valence-corrected chi connectivity index (χ4v) is 4.16. The van der Waals surface area contributed by atoms with Crippen molar-refractivity contribution >= 4 is 28.7 Å². The van der Waals surface area contributed by atoms with Gasteiger partial charge in [-0.3, -0.25) is 4.79 Å². The van der Waals surface area contributed by atoms with E-state index in [1.165, 1.54) is 18.1 Å². The molecule has 2 unspecified atom stereocenters. The van der Waals surface area contributed by atoms with E-state index in [0.29, 0.717) is 18.8 Å². The Morgan fingerprint density at radius 1 is 1.19 bits per heavy atom. The Bertz CT molecular complexity index is 936. The number of hydrogen-bond acceptors (Lipinski definition) is 6. The lowest BCUT2D eigenvalue weighted by Crippen LogP contribution is -2.48. The molecule has 1 saturated heterocycles. The van der Waals surface area contributed by atoms with Crippen LogP contribution in [0.2, 0.25) is 0 Å². The van der Waals surface area contributed by atoms with Crippen LogP contribution < -0.4 is 0 Å². The number of benzene rings is 1. The number of carbonyl (C=O) groups is 1. The Balaban J connectivity index is 1.51. The van der Waals surface area contributed by atoms with Gasteiger partial charge in [0, 0.05) is 13.1 Å². The number of morpholine rings is 1. The van der Waals surface area contributed by atoms with Crippen molar-refractivity contribution in [2.75, 3.05) is 18.8 Å². The van der Waals surface area contributed by atoms with Crippen LogP contribution in [0.1, 0.15) is 13.8 Å². The Hall–Kier alpha value is -2.45. The largest absolute Gasteiger partial charge is 0.372 e. The number of thioether (sulfide) groups is 1. The second kappa shape index (κ2) is 7.66. The topological polar surface area (TPSA) is 73.1 Å². The number of amides is 1. The Morgan fingerprint density at radius 3 is 2.67 bits per heavy atom. The molecule has 0 saturated carbocycles. The second-order valence-corrected chi connectivity index (χ2v) is 7.62. The molecule has 0 spiro atoms. The number of carbonyl (C=O) groups excluding carboxylic acids is 1. The van der Waals surface area contributed by atoms with Crippen LogP contribution in [0.25, 0.3) is 16.7 Å². The molecular formula is C19H21N5O2S. The summed E-state index contributed by atoms with van der Waals surface area (Å²) in [6, 6.07) is 9.84. The smallest absolute Gasteiger partial charge is 0.233 e. The molecule has 1 amide bonds. The van der Waals surface area contributed by atoms with E-state index in [4.69, 9.17) is 4.74 Å². The molecule has 3 heterocycles. The number of hydrogen-bond donors (Lipinski definition) is 0. The van der Waals surface area contributed by atoms with Gasteiger partial charge in [-0.2, -0.15) is 5.10 Å². The van der Waals surface area contributed by atoms with Gasteiger partial charge < -0.3 is 9.64 Å². The Morgan fingerprint density at radius 2 is 1.93 bits per heavy atom. The minimum absolute atomic E-state index is 0.0672. The predicted molar refractivity (Wildman–Crippen MR) is 104 cm³/mol. The number of nitrogens with zero attached hydrogens (tertiary/aromatic N) is 5. The molecule has 8 heteroatoms. The van der Waals surface area contributed by atoms with Gasteiger partial charge in [0.15, 0.2) is 5.65 Å². The molecule has 1 fully saturated rings. The Kier molecular flexibility index (Phi) is 5.09. The summed E-state index contributed by atoms with van der Waals surface area (Å²) >= 11 is 1.43. The van der Waals surface area contributed by atoms with Gasteiger partial charge in [-0.05, 0) is 26.0 Å². The molecule has 0 N–H and O–H groups in total. The fourth-order valence-electron chi connectivity index (χ4n) is 3.30. The van der Waals surface area contributed by atoms with Crippen LogP contribution in [0.5, 0.6) is 0 Å². The molecule has 0 radical (unpaired) electrons. The first-order valence-electron chi connectivity index (χ1n) is 8.92. The van der Waals surface area contributed by atoms with Crippen LogP contribution >= 0.6 is 11.8 Å². The number of ether oxygens (including phenoxy) is 1. The summed E-state index contributed by atoms with van der Waals surface area (Å²) in [7, 11) is 0. The van der Waals surface area contributed by atoms with Crippen LogP contribution in [0.4, 0.5) is 0 Å². The van der Waals surface area contributed by atoms with Crippen molar-refractivity contribution in [3.63, 3.8) is 0 Å². The zero-order chi connectivity index (χ0) is 18.8. The number of para-hydroxylation sites is 1. The number of rotatable bonds is 4. The summed E-state index contributed by atoms with van der Waals surface area (Å²) in [6.07, 6.45) is 3.42. The third-order valence-corrected chi connectivity index (χ3v) is 5.42. The summed E-state index contributed by atoms with van der Waals surface area (Å²) in [5, 5.41) is 6.07. The third-order valence-electron chi connectivity index (χ3n) is 4.43. The van der Waals surface area contributed by atoms with Gasteiger partial charge in [-0.25, -0.2) is 14.6 Å². The zero-order valence-electron chi connectivity index (χ0n) is 15.3. The van der Waals surface area contributed by atoms with Gasteiger partial charge in [0.05, 0.1) is 35.2 Å². The van der Waals surface area contributed by atoms with Crippen LogP contribution in [0.15, 0.2) is 47.9 Å². The molecule has 4 rings (SSSR count). The lowest BCUT2D eigenvalue weighted by molar-refractivity contribution is -0.140. The summed E-state index contributed by atoms with van der Waals surface area (Å²) in [5.74, 6) is 0.437. The summed E-state index contributed by atoms with van der Waals surface area (Å²) in [6.45, 7) is 5.26. The van der Waals surface area contributed by atoms with Gasteiger partial charge in [0.25, 0.3) is 0 Å². The quantitative estimate of drug-likeness (QED) is 0.509. The van der Waals surface area contributed by atoms with Crippen molar-refractivity contribution in [3.05, 3.63) is 42.9 Å². The maximum Gasteiger partial charge on any atom is 0.233 e. The normalized spacial score (nSPS) is 20.1. The van der Waals surface area contributed by atoms with E-state index in [9.17, 15) is 4.79 Å². The second-order valence-electron chi connectivity index (χ2n) is 6.65. The van der Waals surface area contributed by atoms with Crippen molar-refractivity contribution in [1.82, 2.24) is 24.6 Å². The maximum atomic E-state index is 12.6. The van der Waals surface area contributed by atoms with Crippen LogP contribution in [-0.2, 0) is 9.53 Å². The summed E-state index contributed by atoms with van der Waals surface area (Å²) < 4.78 is 7.49. The molecule has 7 nitrogen and oxygen atoms in total. The molecule has 1 aromatic carbocycles. The molecule has 1 aliphatic heterocycles. The molecule has 140 valence electrons. The van der Waals surface area contributed by atoms with Crippen LogP contribution in [0.3, 0.4) is 0 Å². The molecule has 1 aliphatic rings. The van der Waals surface area contributed by atoms with E-state index >= 15 is 0 Å². The highest BCUT2D eigenvalue weighted by atomic mass is 32.2. The third kappa shape index (κ3) is 3.81. The minimum atomic E-state index is 0.0672. The lowest BCUT2D eigenvalue weighted by atomic mass is 10.2. The highest BCUT2D eigenvalue weighted by molar-refractivity contribution is 8.00. The van der Waals surface area contributed by atoms with Crippen LogP contribution in [0, 0.1) is 0 Å². The van der Waals surface area contributed by atoms with Crippen LogP contribution in [-0.4, -0.2) is 61.6 Å². The van der Waals surface area contributed by atoms with E-state index in [0.717, 1.165) is 21.7 Å². The van der Waals surface area contributed by atoms with Gasteiger partial charge in [0.2, 0.25) is 5.91 Å². The monoisotopic (exact) mass is 383 g/mol. The summed E-state index contributed by atoms with van der Waals surface area (Å²) in [4.78, 5) is 23.2. The first-order chi connectivity index (χ1) is 13.1. The molecule has 0 aliphatic carbocycles. The van der Waals surface area contributed by atoms with Crippen molar-refractivity contribution in [3.8, 4) is 5.69 Å². The van der Waals surface area contributed by atoms with E-state index in [2.05, 4.69) is 15.1 Å². The number of fused-ring (bicyclic) bond motifs is 1. The molecule has 0 bridgehead atoms. The lowest BCUT2D eigenvalue weighted by Gasteiger charge is -2.35. The van der Waals surface area contributed by atoms with Crippen molar-refractivity contribution in [2.45, 2.75) is 31.1 Å².